The Morgan fingerprint density at radius 3 is 3.00 bits per heavy atom. The quantitative estimate of drug-likeness (QED) is 0.711. The first-order valence-corrected chi connectivity index (χ1v) is 6.36. The summed E-state index contributed by atoms with van der Waals surface area (Å²) in [4.78, 5) is 4.42. The molecule has 14 heavy (non-hydrogen) atoms. The minimum Gasteiger partial charge on any atom is -0.259 e. The van der Waals surface area contributed by atoms with E-state index in [-0.39, 0.29) is 0 Å². The van der Waals surface area contributed by atoms with Crippen LogP contribution in [0.5, 0.6) is 0 Å². The highest BCUT2D eigenvalue weighted by atomic mass is 79.9. The molecule has 6 heteroatoms. The van der Waals surface area contributed by atoms with Crippen LogP contribution in [0, 0.1) is 0 Å². The zero-order valence-electron chi connectivity index (χ0n) is 7.57. The Morgan fingerprint density at radius 2 is 2.29 bits per heavy atom. The average molecular weight is 277 g/mol. The lowest BCUT2D eigenvalue weighted by atomic mass is 10.2. The molecule has 0 aliphatic carbocycles. The predicted molar refractivity (Wildman–Crippen MR) is 55.5 cm³/mol. The van der Waals surface area contributed by atoms with Crippen LogP contribution in [-0.4, -0.2) is 31.3 Å². The summed E-state index contributed by atoms with van der Waals surface area (Å²) in [6, 6.07) is 1.60. The molecule has 0 atom stereocenters. The number of sulfonamides is 1. The third-order valence-electron chi connectivity index (χ3n) is 2.25. The molecule has 0 N–H and O–H groups in total. The van der Waals surface area contributed by atoms with Gasteiger partial charge in [0.25, 0.3) is 0 Å². The summed E-state index contributed by atoms with van der Waals surface area (Å²) in [7, 11) is -1.72. The van der Waals surface area contributed by atoms with Crippen molar-refractivity contribution < 1.29 is 8.42 Å². The number of pyridine rings is 1. The van der Waals surface area contributed by atoms with Crippen LogP contribution in [0.2, 0.25) is 0 Å². The molecule has 0 fully saturated rings. The lowest BCUT2D eigenvalue weighted by Gasteiger charge is -2.23. The molecule has 0 radical (unpaired) electrons. The van der Waals surface area contributed by atoms with Crippen molar-refractivity contribution in [2.45, 2.75) is 11.3 Å². The Hall–Kier alpha value is -0.460. The van der Waals surface area contributed by atoms with Gasteiger partial charge in [-0.3, -0.25) is 4.98 Å². The van der Waals surface area contributed by atoms with Gasteiger partial charge in [-0.25, -0.2) is 12.7 Å². The van der Waals surface area contributed by atoms with E-state index in [1.807, 2.05) is 0 Å². The summed E-state index contributed by atoms with van der Waals surface area (Å²) >= 11 is 3.22. The van der Waals surface area contributed by atoms with Gasteiger partial charge in [-0.2, -0.15) is 0 Å². The van der Waals surface area contributed by atoms with Gasteiger partial charge in [-0.05, 0) is 22.0 Å². The molecule has 1 aliphatic rings. The fraction of sp³-hybridized carbons (Fsp3) is 0.375. The average Bonchev–Trinajstić information content (AvgIpc) is 2.13. The number of halogens is 1. The van der Waals surface area contributed by atoms with Crippen molar-refractivity contribution in [1.82, 2.24) is 9.29 Å². The minimum absolute atomic E-state index is 0.320. The van der Waals surface area contributed by atoms with Crippen LogP contribution in [0.3, 0.4) is 0 Å². The summed E-state index contributed by atoms with van der Waals surface area (Å²) in [5.74, 6) is 0. The van der Waals surface area contributed by atoms with Crippen LogP contribution >= 0.6 is 15.9 Å². The van der Waals surface area contributed by atoms with Gasteiger partial charge in [0.1, 0.15) is 4.90 Å². The summed E-state index contributed by atoms with van der Waals surface area (Å²) < 4.78 is 25.7. The Labute approximate surface area is 91.1 Å². The second-order valence-electron chi connectivity index (χ2n) is 3.17. The Bertz CT molecular complexity index is 472. The third kappa shape index (κ3) is 1.47. The van der Waals surface area contributed by atoms with E-state index < -0.39 is 10.0 Å². The van der Waals surface area contributed by atoms with E-state index in [1.165, 1.54) is 4.31 Å². The maximum absolute atomic E-state index is 11.8. The Morgan fingerprint density at radius 1 is 1.57 bits per heavy atom. The van der Waals surface area contributed by atoms with E-state index in [2.05, 4.69) is 20.9 Å². The molecule has 1 aromatic heterocycles. The van der Waals surface area contributed by atoms with Gasteiger partial charge in [0.15, 0.2) is 0 Å². The van der Waals surface area contributed by atoms with Crippen molar-refractivity contribution in [3.63, 3.8) is 0 Å². The molecule has 0 saturated heterocycles. The predicted octanol–water partition coefficient (Wildman–Crippen LogP) is 1.02. The summed E-state index contributed by atoms with van der Waals surface area (Å²) in [6.07, 6.45) is 2.30. The largest absolute Gasteiger partial charge is 0.259 e. The molecule has 0 saturated carbocycles. The molecule has 2 rings (SSSR count). The van der Waals surface area contributed by atoms with E-state index in [9.17, 15) is 8.42 Å². The second-order valence-corrected chi connectivity index (χ2v) is 6.10. The highest BCUT2D eigenvalue weighted by molar-refractivity contribution is 9.10. The molecular weight excluding hydrogens is 268 g/mol. The van der Waals surface area contributed by atoms with Crippen LogP contribution in [0.4, 0.5) is 0 Å². The standard InChI is InChI=1S/C8H9BrN2O2S/c1-11-3-2-7-8(14(11,12)13)4-6(9)5-10-7/h4-5H,2-3H2,1H3. The number of hydrogen-bond donors (Lipinski definition) is 0. The first-order valence-electron chi connectivity index (χ1n) is 4.12. The van der Waals surface area contributed by atoms with Crippen molar-refractivity contribution in [2.24, 2.45) is 0 Å². The minimum atomic E-state index is -3.30. The normalized spacial score (nSPS) is 20.4. The van der Waals surface area contributed by atoms with E-state index in [0.717, 1.165) is 0 Å². The highest BCUT2D eigenvalue weighted by Crippen LogP contribution is 2.25. The first kappa shape index (κ1) is 10.1. The molecule has 0 amide bonds. The topological polar surface area (TPSA) is 50.3 Å². The zero-order valence-corrected chi connectivity index (χ0v) is 9.97. The van der Waals surface area contributed by atoms with Gasteiger partial charge in [0.05, 0.1) is 5.69 Å². The molecular formula is C8H9BrN2O2S. The summed E-state index contributed by atoms with van der Waals surface area (Å²) in [6.45, 7) is 0.504. The number of fused-ring (bicyclic) bond motifs is 1. The van der Waals surface area contributed by atoms with Crippen molar-refractivity contribution in [1.29, 1.82) is 0 Å². The van der Waals surface area contributed by atoms with Crippen molar-refractivity contribution in [2.75, 3.05) is 13.6 Å². The summed E-state index contributed by atoms with van der Waals surface area (Å²) in [5, 5.41) is 0. The van der Waals surface area contributed by atoms with Gasteiger partial charge in [-0.15, -0.1) is 0 Å². The van der Waals surface area contributed by atoms with E-state index in [1.54, 1.807) is 19.3 Å². The molecule has 0 aromatic carbocycles. The first-order chi connectivity index (χ1) is 6.51. The monoisotopic (exact) mass is 276 g/mol. The Balaban J connectivity index is 2.68. The van der Waals surface area contributed by atoms with Gasteiger partial charge in [-0.1, -0.05) is 0 Å². The number of aromatic nitrogens is 1. The second kappa shape index (κ2) is 3.29. The van der Waals surface area contributed by atoms with Crippen LogP contribution in [0.15, 0.2) is 21.6 Å². The number of likely N-dealkylation sites (N-methyl/N-ethyl adjacent to an activating group) is 1. The van der Waals surface area contributed by atoms with Crippen LogP contribution in [0.25, 0.3) is 0 Å². The molecule has 2 heterocycles. The van der Waals surface area contributed by atoms with Crippen LogP contribution in [-0.2, 0) is 16.4 Å². The van der Waals surface area contributed by atoms with E-state index in [0.29, 0.717) is 28.0 Å². The van der Waals surface area contributed by atoms with Gasteiger partial charge in [0.2, 0.25) is 10.0 Å². The van der Waals surface area contributed by atoms with E-state index >= 15 is 0 Å². The number of nitrogens with zero attached hydrogens (tertiary/aromatic N) is 2. The lowest BCUT2D eigenvalue weighted by Crippen LogP contribution is -2.34. The van der Waals surface area contributed by atoms with E-state index in [4.69, 9.17) is 0 Å². The molecule has 1 aliphatic heterocycles. The van der Waals surface area contributed by atoms with Crippen molar-refractivity contribution in [3.8, 4) is 0 Å². The van der Waals surface area contributed by atoms with Crippen LogP contribution in [0.1, 0.15) is 5.69 Å². The summed E-state index contributed by atoms with van der Waals surface area (Å²) in [5.41, 5.74) is 0.659. The number of hydrogen-bond acceptors (Lipinski definition) is 3. The molecule has 4 nitrogen and oxygen atoms in total. The fourth-order valence-corrected chi connectivity index (χ4v) is 3.29. The molecule has 1 aromatic rings. The zero-order chi connectivity index (χ0) is 10.3. The lowest BCUT2D eigenvalue weighted by molar-refractivity contribution is 0.453. The Kier molecular flexibility index (Phi) is 2.36. The fourth-order valence-electron chi connectivity index (χ4n) is 1.41. The number of rotatable bonds is 0. The van der Waals surface area contributed by atoms with Crippen molar-refractivity contribution >= 4 is 26.0 Å². The maximum atomic E-state index is 11.8. The van der Waals surface area contributed by atoms with Gasteiger partial charge in [0, 0.05) is 30.7 Å². The smallest absolute Gasteiger partial charge is 0.244 e. The molecule has 0 spiro atoms. The van der Waals surface area contributed by atoms with Crippen LogP contribution < -0.4 is 0 Å². The SMILES string of the molecule is CN1CCc2ncc(Br)cc2S1(=O)=O. The molecule has 0 bridgehead atoms. The van der Waals surface area contributed by atoms with Gasteiger partial charge >= 0.3 is 0 Å². The highest BCUT2D eigenvalue weighted by Gasteiger charge is 2.29. The molecule has 0 unspecified atom stereocenters. The van der Waals surface area contributed by atoms with Crippen molar-refractivity contribution in [3.05, 3.63) is 22.4 Å². The molecule has 76 valence electrons. The third-order valence-corrected chi connectivity index (χ3v) is 4.60. The maximum Gasteiger partial charge on any atom is 0.244 e. The van der Waals surface area contributed by atoms with Gasteiger partial charge < -0.3 is 0 Å².